The summed E-state index contributed by atoms with van der Waals surface area (Å²) in [4.78, 5) is 16.0. The third-order valence-corrected chi connectivity index (χ3v) is 5.31. The van der Waals surface area contributed by atoms with E-state index in [0.717, 1.165) is 21.0 Å². The number of nitrogens with zero attached hydrogens (tertiary/aromatic N) is 1. The number of hydrogen-bond donors (Lipinski definition) is 1. The zero-order valence-corrected chi connectivity index (χ0v) is 15.1. The number of nitrogens with one attached hydrogen (secondary N) is 1. The first-order valence-corrected chi connectivity index (χ1v) is 8.78. The molecule has 3 aromatic rings. The Kier molecular flexibility index (Phi) is 4.73. The third-order valence-electron chi connectivity index (χ3n) is 3.74. The normalized spacial score (nSPS) is 11.0. The van der Waals surface area contributed by atoms with Crippen LogP contribution in [0, 0.1) is 6.92 Å². The Hall–Kier alpha value is -2.11. The van der Waals surface area contributed by atoms with E-state index in [9.17, 15) is 4.79 Å². The summed E-state index contributed by atoms with van der Waals surface area (Å²) in [7, 11) is 0. The van der Waals surface area contributed by atoms with E-state index >= 15 is 0 Å². The number of carbonyl (C=O) groups excluding carboxylic acids is 1. The molecule has 0 saturated carbocycles. The van der Waals surface area contributed by atoms with Crippen LogP contribution in [0.25, 0.3) is 25.9 Å². The van der Waals surface area contributed by atoms with Crippen LogP contribution < -0.4 is 5.32 Å². The highest BCUT2D eigenvalue weighted by molar-refractivity contribution is 7.26. The van der Waals surface area contributed by atoms with Gasteiger partial charge in [-0.05, 0) is 25.5 Å². The molecule has 0 aliphatic carbocycles. The van der Waals surface area contributed by atoms with E-state index in [1.54, 1.807) is 18.3 Å². The first-order valence-electron chi connectivity index (χ1n) is 7.59. The van der Waals surface area contributed by atoms with Crippen molar-refractivity contribution in [3.63, 3.8) is 0 Å². The molecule has 0 radical (unpaired) electrons. The summed E-state index contributed by atoms with van der Waals surface area (Å²) in [6, 6.07) is 8.13. The Balaban J connectivity index is 2.00. The van der Waals surface area contributed by atoms with Gasteiger partial charge in [0.05, 0.1) is 18.0 Å². The molecule has 6 heteroatoms. The van der Waals surface area contributed by atoms with Gasteiger partial charge < -0.3 is 10.1 Å². The van der Waals surface area contributed by atoms with Crippen LogP contribution in [-0.2, 0) is 9.53 Å². The van der Waals surface area contributed by atoms with Gasteiger partial charge in [0.25, 0.3) is 0 Å². The van der Waals surface area contributed by atoms with Gasteiger partial charge in [0.1, 0.15) is 11.7 Å². The number of halogens is 1. The lowest BCUT2D eigenvalue weighted by Crippen LogP contribution is -2.24. The Bertz CT molecular complexity index is 949. The Labute approximate surface area is 149 Å². The van der Waals surface area contributed by atoms with Crippen molar-refractivity contribution in [3.05, 3.63) is 47.3 Å². The van der Waals surface area contributed by atoms with Gasteiger partial charge in [-0.15, -0.1) is 11.3 Å². The van der Waals surface area contributed by atoms with Gasteiger partial charge in [0, 0.05) is 20.2 Å². The second-order valence-electron chi connectivity index (χ2n) is 5.32. The van der Waals surface area contributed by atoms with E-state index in [1.165, 1.54) is 4.70 Å². The van der Waals surface area contributed by atoms with Gasteiger partial charge in [-0.2, -0.15) is 0 Å². The number of carbonyl (C=O) groups is 1. The Morgan fingerprint density at radius 3 is 2.92 bits per heavy atom. The quantitative estimate of drug-likeness (QED) is 0.536. The standard InChI is InChI=1S/C18H17ClN2O2S/c1-4-23-14(22)9-20-11(3)16-10(2)17-15(18(19)21-16)12-7-5-6-8-13(12)24-17/h5-8,20H,3-4,9H2,1-2H3. The molecule has 4 nitrogen and oxygen atoms in total. The van der Waals surface area contributed by atoms with Crippen LogP contribution in [0.1, 0.15) is 18.2 Å². The molecule has 0 aliphatic rings. The third kappa shape index (κ3) is 2.97. The summed E-state index contributed by atoms with van der Waals surface area (Å²) in [5.74, 6) is -0.328. The predicted octanol–water partition coefficient (Wildman–Crippen LogP) is 4.53. The number of thiophene rings is 1. The SMILES string of the molecule is C=C(NCC(=O)OCC)c1nc(Cl)c2c(sc3ccccc32)c1C. The van der Waals surface area contributed by atoms with E-state index in [4.69, 9.17) is 16.3 Å². The highest BCUT2D eigenvalue weighted by Gasteiger charge is 2.17. The van der Waals surface area contributed by atoms with Crippen molar-refractivity contribution >= 4 is 54.8 Å². The van der Waals surface area contributed by atoms with Crippen LogP contribution in [0.4, 0.5) is 0 Å². The lowest BCUT2D eigenvalue weighted by atomic mass is 10.1. The number of ether oxygens (including phenoxy) is 1. The molecule has 0 amide bonds. The van der Waals surface area contributed by atoms with Gasteiger partial charge in [-0.3, -0.25) is 4.79 Å². The van der Waals surface area contributed by atoms with Crippen molar-refractivity contribution in [2.75, 3.05) is 13.2 Å². The highest BCUT2D eigenvalue weighted by Crippen LogP contribution is 2.40. The number of pyridine rings is 1. The zero-order chi connectivity index (χ0) is 17.3. The van der Waals surface area contributed by atoms with E-state index in [2.05, 4.69) is 29.0 Å². The van der Waals surface area contributed by atoms with Crippen LogP contribution in [-0.4, -0.2) is 24.1 Å². The average Bonchev–Trinajstić information content (AvgIpc) is 2.96. The van der Waals surface area contributed by atoms with Gasteiger partial charge in [0.15, 0.2) is 0 Å². The predicted molar refractivity (Wildman–Crippen MR) is 101 cm³/mol. The molecule has 3 rings (SSSR count). The lowest BCUT2D eigenvalue weighted by molar-refractivity contribution is -0.141. The fourth-order valence-electron chi connectivity index (χ4n) is 2.63. The maximum absolute atomic E-state index is 11.5. The second-order valence-corrected chi connectivity index (χ2v) is 6.73. The molecule has 0 aliphatic heterocycles. The topological polar surface area (TPSA) is 51.2 Å². The van der Waals surface area contributed by atoms with Crippen molar-refractivity contribution in [1.82, 2.24) is 10.3 Å². The monoisotopic (exact) mass is 360 g/mol. The lowest BCUT2D eigenvalue weighted by Gasteiger charge is -2.12. The fourth-order valence-corrected chi connectivity index (χ4v) is 4.17. The number of benzene rings is 1. The van der Waals surface area contributed by atoms with Crippen LogP contribution >= 0.6 is 22.9 Å². The minimum Gasteiger partial charge on any atom is -0.465 e. The summed E-state index contributed by atoms with van der Waals surface area (Å²) >= 11 is 8.13. The molecule has 2 heterocycles. The summed E-state index contributed by atoms with van der Waals surface area (Å²) in [6.07, 6.45) is 0. The van der Waals surface area contributed by atoms with E-state index in [0.29, 0.717) is 23.2 Å². The van der Waals surface area contributed by atoms with Crippen molar-refractivity contribution in [2.45, 2.75) is 13.8 Å². The molecular formula is C18H17ClN2O2S. The maximum atomic E-state index is 11.5. The minimum absolute atomic E-state index is 0.0515. The van der Waals surface area contributed by atoms with Gasteiger partial charge in [-0.1, -0.05) is 36.4 Å². The van der Waals surface area contributed by atoms with Crippen LogP contribution in [0.3, 0.4) is 0 Å². The number of hydrogen-bond acceptors (Lipinski definition) is 5. The van der Waals surface area contributed by atoms with Gasteiger partial charge in [-0.25, -0.2) is 4.98 Å². The smallest absolute Gasteiger partial charge is 0.325 e. The van der Waals surface area contributed by atoms with Crippen molar-refractivity contribution < 1.29 is 9.53 Å². The first kappa shape index (κ1) is 16.7. The number of aromatic nitrogens is 1. The zero-order valence-electron chi connectivity index (χ0n) is 13.5. The highest BCUT2D eigenvalue weighted by atomic mass is 35.5. The molecule has 24 heavy (non-hydrogen) atoms. The van der Waals surface area contributed by atoms with Crippen molar-refractivity contribution in [1.29, 1.82) is 0 Å². The first-order chi connectivity index (χ1) is 11.5. The van der Waals surface area contributed by atoms with Crippen molar-refractivity contribution in [2.24, 2.45) is 0 Å². The molecule has 0 saturated heterocycles. The van der Waals surface area contributed by atoms with Crippen LogP contribution in [0.5, 0.6) is 0 Å². The van der Waals surface area contributed by atoms with E-state index in [1.807, 2.05) is 19.1 Å². The molecular weight excluding hydrogens is 344 g/mol. The second kappa shape index (κ2) is 6.79. The number of fused-ring (bicyclic) bond motifs is 3. The fraction of sp³-hybridized carbons (Fsp3) is 0.222. The van der Waals surface area contributed by atoms with Crippen molar-refractivity contribution in [3.8, 4) is 0 Å². The summed E-state index contributed by atoms with van der Waals surface area (Å²) in [6.45, 7) is 8.15. The Morgan fingerprint density at radius 2 is 2.17 bits per heavy atom. The maximum Gasteiger partial charge on any atom is 0.325 e. The van der Waals surface area contributed by atoms with E-state index < -0.39 is 0 Å². The average molecular weight is 361 g/mol. The molecule has 2 aromatic heterocycles. The molecule has 124 valence electrons. The number of aryl methyl sites for hydroxylation is 1. The largest absolute Gasteiger partial charge is 0.465 e. The summed E-state index contributed by atoms with van der Waals surface area (Å²) < 4.78 is 7.16. The molecule has 1 aromatic carbocycles. The molecule has 1 N–H and O–H groups in total. The molecule has 0 spiro atoms. The molecule has 0 unspecified atom stereocenters. The Morgan fingerprint density at radius 1 is 1.42 bits per heavy atom. The summed E-state index contributed by atoms with van der Waals surface area (Å²) in [5, 5.41) is 5.49. The number of rotatable bonds is 5. The van der Waals surface area contributed by atoms with Gasteiger partial charge in [0.2, 0.25) is 0 Å². The van der Waals surface area contributed by atoms with Crippen LogP contribution in [0.2, 0.25) is 5.15 Å². The van der Waals surface area contributed by atoms with Gasteiger partial charge >= 0.3 is 5.97 Å². The van der Waals surface area contributed by atoms with Crippen LogP contribution in [0.15, 0.2) is 30.8 Å². The molecule has 0 fully saturated rings. The number of esters is 1. The van der Waals surface area contributed by atoms with E-state index in [-0.39, 0.29) is 12.5 Å². The molecule has 0 atom stereocenters. The summed E-state index contributed by atoms with van der Waals surface area (Å²) in [5.41, 5.74) is 2.22. The molecule has 0 bridgehead atoms. The minimum atomic E-state index is -0.328.